The van der Waals surface area contributed by atoms with Gasteiger partial charge in [0.15, 0.2) is 0 Å². The maximum absolute atomic E-state index is 5.53. The first-order chi connectivity index (χ1) is 7.86. The van der Waals surface area contributed by atoms with E-state index in [9.17, 15) is 0 Å². The van der Waals surface area contributed by atoms with Gasteiger partial charge in [-0.05, 0) is 38.6 Å². The van der Waals surface area contributed by atoms with E-state index in [1.807, 2.05) is 6.92 Å². The predicted molar refractivity (Wildman–Crippen MR) is 58.9 cm³/mol. The van der Waals surface area contributed by atoms with Gasteiger partial charge in [-0.15, -0.1) is 0 Å². The zero-order valence-electron chi connectivity index (χ0n) is 9.74. The Morgan fingerprint density at radius 1 is 1.44 bits per heavy atom. The maximum Gasteiger partial charge on any atom is 0.121 e. The quantitative estimate of drug-likeness (QED) is 0.675. The van der Waals surface area contributed by atoms with Crippen LogP contribution in [0.15, 0.2) is 4.63 Å². The number of nitrogens with one attached hydrogen (secondary N) is 1. The number of hydrogen-bond donors (Lipinski definition) is 1. The van der Waals surface area contributed by atoms with Crippen LogP contribution in [0.25, 0.3) is 0 Å². The lowest BCUT2D eigenvalue weighted by molar-refractivity contribution is 0.122. The monoisotopic (exact) mass is 225 g/mol. The molecule has 5 nitrogen and oxygen atoms in total. The molecule has 16 heavy (non-hydrogen) atoms. The van der Waals surface area contributed by atoms with E-state index in [1.54, 1.807) is 0 Å². The molecule has 1 aliphatic carbocycles. The third kappa shape index (κ3) is 3.90. The number of nitrogens with zero attached hydrogens (tertiary/aromatic N) is 2. The Morgan fingerprint density at radius 2 is 2.31 bits per heavy atom. The molecule has 1 aromatic heterocycles. The topological polar surface area (TPSA) is 60.2 Å². The van der Waals surface area contributed by atoms with Crippen LogP contribution in [0, 0.1) is 12.8 Å². The minimum absolute atomic E-state index is 0.720. The molecule has 90 valence electrons. The number of aryl methyl sites for hydroxylation is 1. The number of aromatic nitrogens is 2. The molecule has 1 aromatic rings. The lowest BCUT2D eigenvalue weighted by Gasteiger charge is -2.04. The first kappa shape index (κ1) is 11.5. The largest absolute Gasteiger partial charge is 0.381 e. The summed E-state index contributed by atoms with van der Waals surface area (Å²) in [7, 11) is 0. The van der Waals surface area contributed by atoms with Crippen molar-refractivity contribution in [2.75, 3.05) is 19.8 Å². The number of hydrogen-bond acceptors (Lipinski definition) is 5. The van der Waals surface area contributed by atoms with Crippen molar-refractivity contribution in [1.82, 2.24) is 15.6 Å². The molecule has 0 spiro atoms. The summed E-state index contributed by atoms with van der Waals surface area (Å²) >= 11 is 0. The highest BCUT2D eigenvalue weighted by Crippen LogP contribution is 2.28. The fraction of sp³-hybridized carbons (Fsp3) is 0.818. The fourth-order valence-electron chi connectivity index (χ4n) is 1.45. The van der Waals surface area contributed by atoms with Gasteiger partial charge >= 0.3 is 0 Å². The van der Waals surface area contributed by atoms with Crippen LogP contribution >= 0.6 is 0 Å². The van der Waals surface area contributed by atoms with Gasteiger partial charge in [0, 0.05) is 19.8 Å². The van der Waals surface area contributed by atoms with Crippen molar-refractivity contribution in [3.63, 3.8) is 0 Å². The average molecular weight is 225 g/mol. The number of ether oxygens (including phenoxy) is 1. The van der Waals surface area contributed by atoms with Crippen molar-refractivity contribution < 1.29 is 9.37 Å². The molecule has 0 radical (unpaired) electrons. The molecule has 0 aliphatic heterocycles. The molecule has 5 heteroatoms. The molecule has 1 saturated carbocycles. The summed E-state index contributed by atoms with van der Waals surface area (Å²) in [4.78, 5) is 0. The van der Waals surface area contributed by atoms with Crippen LogP contribution in [0.5, 0.6) is 0 Å². The Bertz CT molecular complexity index is 310. The highest BCUT2D eigenvalue weighted by atomic mass is 16.6. The molecule has 0 amide bonds. The summed E-state index contributed by atoms with van der Waals surface area (Å²) < 4.78 is 10.1. The molecule has 1 N–H and O–H groups in total. The summed E-state index contributed by atoms with van der Waals surface area (Å²) in [6.07, 6.45) is 3.75. The standard InChI is InChI=1S/C11H19N3O2/c1-9-11(14-16-13-9)7-12-5-2-6-15-8-10-3-4-10/h10,12H,2-8H2,1H3. The van der Waals surface area contributed by atoms with Crippen LogP contribution in [0.4, 0.5) is 0 Å². The average Bonchev–Trinajstić information content (AvgIpc) is 3.01. The van der Waals surface area contributed by atoms with E-state index >= 15 is 0 Å². The minimum atomic E-state index is 0.720. The SMILES string of the molecule is Cc1nonc1CNCCCOCC1CC1. The van der Waals surface area contributed by atoms with Crippen molar-refractivity contribution >= 4 is 0 Å². The van der Waals surface area contributed by atoms with Gasteiger partial charge in [0.1, 0.15) is 11.4 Å². The first-order valence-electron chi connectivity index (χ1n) is 5.93. The smallest absolute Gasteiger partial charge is 0.121 e. The van der Waals surface area contributed by atoms with Crippen LogP contribution in [-0.4, -0.2) is 30.1 Å². The molecule has 0 atom stereocenters. The second-order valence-corrected chi connectivity index (χ2v) is 4.34. The van der Waals surface area contributed by atoms with Crippen molar-refractivity contribution in [1.29, 1.82) is 0 Å². The third-order valence-electron chi connectivity index (χ3n) is 2.73. The molecular weight excluding hydrogens is 206 g/mol. The molecule has 0 saturated heterocycles. The molecule has 1 heterocycles. The summed E-state index contributed by atoms with van der Waals surface area (Å²) in [5.41, 5.74) is 1.75. The number of rotatable bonds is 8. The normalized spacial score (nSPS) is 15.6. The van der Waals surface area contributed by atoms with Crippen molar-refractivity contribution in [2.45, 2.75) is 32.7 Å². The van der Waals surface area contributed by atoms with Gasteiger partial charge in [-0.2, -0.15) is 0 Å². The molecule has 1 aliphatic rings. The van der Waals surface area contributed by atoms with Crippen LogP contribution in [0.2, 0.25) is 0 Å². The molecule has 0 unspecified atom stereocenters. The van der Waals surface area contributed by atoms with E-state index < -0.39 is 0 Å². The van der Waals surface area contributed by atoms with Crippen molar-refractivity contribution in [2.24, 2.45) is 5.92 Å². The second-order valence-electron chi connectivity index (χ2n) is 4.34. The zero-order valence-corrected chi connectivity index (χ0v) is 9.74. The summed E-state index contributed by atoms with van der Waals surface area (Å²) in [6, 6.07) is 0. The van der Waals surface area contributed by atoms with Gasteiger partial charge in [0.05, 0.1) is 0 Å². The van der Waals surface area contributed by atoms with E-state index in [1.165, 1.54) is 12.8 Å². The molecule has 1 fully saturated rings. The first-order valence-corrected chi connectivity index (χ1v) is 5.93. The Morgan fingerprint density at radius 3 is 3.00 bits per heavy atom. The van der Waals surface area contributed by atoms with Crippen molar-refractivity contribution in [3.8, 4) is 0 Å². The highest BCUT2D eigenvalue weighted by Gasteiger charge is 2.20. The summed E-state index contributed by atoms with van der Waals surface area (Å²) in [5.74, 6) is 0.858. The lowest BCUT2D eigenvalue weighted by atomic mass is 10.3. The van der Waals surface area contributed by atoms with Gasteiger partial charge < -0.3 is 10.1 Å². The summed E-state index contributed by atoms with van der Waals surface area (Å²) in [6.45, 7) is 5.35. The molecule has 0 bridgehead atoms. The van der Waals surface area contributed by atoms with Gasteiger partial charge in [0.25, 0.3) is 0 Å². The van der Waals surface area contributed by atoms with Gasteiger partial charge in [-0.3, -0.25) is 0 Å². The molecule has 0 aromatic carbocycles. The van der Waals surface area contributed by atoms with Crippen LogP contribution < -0.4 is 5.32 Å². The predicted octanol–water partition coefficient (Wildman–Crippen LogP) is 1.28. The van der Waals surface area contributed by atoms with Crippen molar-refractivity contribution in [3.05, 3.63) is 11.4 Å². The van der Waals surface area contributed by atoms with Crippen LogP contribution in [0.3, 0.4) is 0 Å². The van der Waals surface area contributed by atoms with Gasteiger partial charge in [-0.1, -0.05) is 10.3 Å². The highest BCUT2D eigenvalue weighted by molar-refractivity contribution is 5.03. The zero-order chi connectivity index (χ0) is 11.2. The Hall–Kier alpha value is -0.940. The molecule has 2 rings (SSSR count). The van der Waals surface area contributed by atoms with E-state index in [-0.39, 0.29) is 0 Å². The van der Waals surface area contributed by atoms with Gasteiger partial charge in [-0.25, -0.2) is 4.63 Å². The Balaban J connectivity index is 1.44. The second kappa shape index (κ2) is 5.96. The summed E-state index contributed by atoms with van der Waals surface area (Å²) in [5, 5.41) is 10.8. The maximum atomic E-state index is 5.53. The van der Waals surface area contributed by atoms with Gasteiger partial charge in [0.2, 0.25) is 0 Å². The van der Waals surface area contributed by atoms with E-state index in [4.69, 9.17) is 4.74 Å². The Labute approximate surface area is 95.5 Å². The molecular formula is C11H19N3O2. The van der Waals surface area contributed by atoms with E-state index in [2.05, 4.69) is 20.3 Å². The van der Waals surface area contributed by atoms with E-state index in [0.717, 1.165) is 50.0 Å². The van der Waals surface area contributed by atoms with Crippen LogP contribution in [-0.2, 0) is 11.3 Å². The van der Waals surface area contributed by atoms with Crippen LogP contribution in [0.1, 0.15) is 30.7 Å². The Kier molecular flexibility index (Phi) is 4.30. The fourth-order valence-corrected chi connectivity index (χ4v) is 1.45. The third-order valence-corrected chi connectivity index (χ3v) is 2.73. The van der Waals surface area contributed by atoms with E-state index in [0.29, 0.717) is 0 Å². The lowest BCUT2D eigenvalue weighted by Crippen LogP contribution is -2.17. The minimum Gasteiger partial charge on any atom is -0.381 e.